The van der Waals surface area contributed by atoms with Gasteiger partial charge in [0.05, 0.1) is 0 Å². The van der Waals surface area contributed by atoms with Crippen molar-refractivity contribution in [2.24, 2.45) is 29.1 Å². The predicted octanol–water partition coefficient (Wildman–Crippen LogP) is 8.54. The van der Waals surface area contributed by atoms with Gasteiger partial charge in [0.15, 0.2) is 0 Å². The monoisotopic (exact) mass is 346 g/mol. The molecular weight excluding hydrogens is 300 g/mol. The molecule has 3 aliphatic rings. The summed E-state index contributed by atoms with van der Waals surface area (Å²) in [6.07, 6.45) is 27.5. The standard InChI is InChI=1S/C25H46/c1-25(2,24-16-10-5-11-17-24)20-23(22-14-8-4-9-15-22)19-18-21-12-6-3-7-13-21/h21-24H,3-20H2,1-2H3. The molecule has 0 amide bonds. The van der Waals surface area contributed by atoms with Gasteiger partial charge < -0.3 is 0 Å². The third-order valence-electron chi connectivity index (χ3n) is 8.49. The van der Waals surface area contributed by atoms with Gasteiger partial charge in [-0.05, 0) is 54.8 Å². The molecule has 25 heavy (non-hydrogen) atoms. The average Bonchev–Trinajstić information content (AvgIpc) is 2.67. The highest BCUT2D eigenvalue weighted by atomic mass is 14.4. The number of hydrogen-bond donors (Lipinski definition) is 0. The van der Waals surface area contributed by atoms with Crippen LogP contribution in [-0.4, -0.2) is 0 Å². The minimum atomic E-state index is 0.592. The molecule has 0 aromatic rings. The van der Waals surface area contributed by atoms with Crippen LogP contribution in [-0.2, 0) is 0 Å². The molecule has 3 saturated carbocycles. The first-order chi connectivity index (χ1) is 12.1. The Labute approximate surface area is 158 Å². The zero-order valence-corrected chi connectivity index (χ0v) is 17.5. The summed E-state index contributed by atoms with van der Waals surface area (Å²) in [6, 6.07) is 0. The van der Waals surface area contributed by atoms with Gasteiger partial charge in [0, 0.05) is 0 Å². The Balaban J connectivity index is 1.58. The molecular formula is C25H46. The lowest BCUT2D eigenvalue weighted by atomic mass is 9.63. The minimum Gasteiger partial charge on any atom is -0.0596 e. The molecule has 0 saturated heterocycles. The summed E-state index contributed by atoms with van der Waals surface area (Å²) in [6.45, 7) is 5.28. The van der Waals surface area contributed by atoms with Crippen molar-refractivity contribution in [3.05, 3.63) is 0 Å². The zero-order chi connectivity index (χ0) is 17.5. The maximum absolute atomic E-state index is 2.64. The highest BCUT2D eigenvalue weighted by Crippen LogP contribution is 2.47. The fourth-order valence-electron chi connectivity index (χ4n) is 6.76. The Kier molecular flexibility index (Phi) is 7.74. The van der Waals surface area contributed by atoms with E-state index in [4.69, 9.17) is 0 Å². The number of rotatable bonds is 7. The van der Waals surface area contributed by atoms with Crippen LogP contribution in [0.5, 0.6) is 0 Å². The average molecular weight is 347 g/mol. The van der Waals surface area contributed by atoms with Crippen LogP contribution in [0.15, 0.2) is 0 Å². The summed E-state index contributed by atoms with van der Waals surface area (Å²) in [7, 11) is 0. The van der Waals surface area contributed by atoms with Crippen molar-refractivity contribution < 1.29 is 0 Å². The molecule has 0 N–H and O–H groups in total. The summed E-state index contributed by atoms with van der Waals surface area (Å²) in [5, 5.41) is 0. The molecule has 0 bridgehead atoms. The first-order valence-corrected chi connectivity index (χ1v) is 12.1. The van der Waals surface area contributed by atoms with E-state index in [2.05, 4.69) is 13.8 Å². The van der Waals surface area contributed by atoms with Crippen LogP contribution in [0.4, 0.5) is 0 Å². The van der Waals surface area contributed by atoms with Crippen molar-refractivity contribution in [2.45, 2.75) is 129 Å². The van der Waals surface area contributed by atoms with E-state index in [0.717, 1.165) is 23.7 Å². The second-order valence-corrected chi connectivity index (χ2v) is 10.8. The molecule has 1 atom stereocenters. The van der Waals surface area contributed by atoms with Gasteiger partial charge in [-0.1, -0.05) is 104 Å². The van der Waals surface area contributed by atoms with Crippen LogP contribution in [0.3, 0.4) is 0 Å². The number of hydrogen-bond acceptors (Lipinski definition) is 0. The third kappa shape index (κ3) is 6.00. The highest BCUT2D eigenvalue weighted by molar-refractivity contribution is 4.86. The largest absolute Gasteiger partial charge is 0.0596 e. The second kappa shape index (κ2) is 9.80. The Morgan fingerprint density at radius 2 is 1.20 bits per heavy atom. The van der Waals surface area contributed by atoms with Gasteiger partial charge in [-0.2, -0.15) is 0 Å². The van der Waals surface area contributed by atoms with Crippen molar-refractivity contribution in [1.29, 1.82) is 0 Å². The van der Waals surface area contributed by atoms with Gasteiger partial charge in [-0.25, -0.2) is 0 Å². The zero-order valence-electron chi connectivity index (χ0n) is 17.5. The Morgan fingerprint density at radius 3 is 1.80 bits per heavy atom. The fourth-order valence-corrected chi connectivity index (χ4v) is 6.76. The molecule has 0 aliphatic heterocycles. The van der Waals surface area contributed by atoms with Crippen molar-refractivity contribution in [2.75, 3.05) is 0 Å². The van der Waals surface area contributed by atoms with E-state index in [1.54, 1.807) is 38.5 Å². The fraction of sp³-hybridized carbons (Fsp3) is 1.00. The molecule has 0 aromatic heterocycles. The normalized spacial score (nSPS) is 26.6. The molecule has 146 valence electrons. The third-order valence-corrected chi connectivity index (χ3v) is 8.49. The molecule has 0 spiro atoms. The van der Waals surface area contributed by atoms with E-state index in [0.29, 0.717) is 5.41 Å². The minimum absolute atomic E-state index is 0.592. The molecule has 0 nitrogen and oxygen atoms in total. The lowest BCUT2D eigenvalue weighted by Gasteiger charge is -2.42. The van der Waals surface area contributed by atoms with Crippen LogP contribution in [0.2, 0.25) is 0 Å². The van der Waals surface area contributed by atoms with Gasteiger partial charge in [0.25, 0.3) is 0 Å². The second-order valence-electron chi connectivity index (χ2n) is 10.8. The highest BCUT2D eigenvalue weighted by Gasteiger charge is 2.35. The maximum Gasteiger partial charge on any atom is -0.0323 e. The van der Waals surface area contributed by atoms with Crippen LogP contribution in [0.25, 0.3) is 0 Å². The molecule has 0 radical (unpaired) electrons. The molecule has 0 heteroatoms. The molecule has 3 aliphatic carbocycles. The molecule has 3 rings (SSSR count). The van der Waals surface area contributed by atoms with Crippen molar-refractivity contribution >= 4 is 0 Å². The van der Waals surface area contributed by atoms with Gasteiger partial charge in [0.2, 0.25) is 0 Å². The van der Waals surface area contributed by atoms with Crippen LogP contribution < -0.4 is 0 Å². The molecule has 3 fully saturated rings. The predicted molar refractivity (Wildman–Crippen MR) is 111 cm³/mol. The molecule has 0 aromatic carbocycles. The first-order valence-electron chi connectivity index (χ1n) is 12.1. The smallest absolute Gasteiger partial charge is 0.0323 e. The summed E-state index contributed by atoms with van der Waals surface area (Å²) >= 11 is 0. The van der Waals surface area contributed by atoms with Gasteiger partial charge >= 0.3 is 0 Å². The van der Waals surface area contributed by atoms with Gasteiger partial charge in [0.1, 0.15) is 0 Å². The van der Waals surface area contributed by atoms with Crippen molar-refractivity contribution in [3.8, 4) is 0 Å². The van der Waals surface area contributed by atoms with Crippen LogP contribution >= 0.6 is 0 Å². The van der Waals surface area contributed by atoms with Crippen LogP contribution in [0.1, 0.15) is 129 Å². The molecule has 0 heterocycles. The Bertz CT molecular complexity index is 350. The summed E-state index contributed by atoms with van der Waals surface area (Å²) in [4.78, 5) is 0. The van der Waals surface area contributed by atoms with Crippen molar-refractivity contribution in [3.63, 3.8) is 0 Å². The maximum atomic E-state index is 2.64. The molecule has 1 unspecified atom stereocenters. The lowest BCUT2D eigenvalue weighted by molar-refractivity contribution is 0.0846. The van der Waals surface area contributed by atoms with E-state index in [1.165, 1.54) is 77.0 Å². The topological polar surface area (TPSA) is 0 Å². The summed E-state index contributed by atoms with van der Waals surface area (Å²) in [5.41, 5.74) is 0.592. The first kappa shape index (κ1) is 19.8. The Morgan fingerprint density at radius 1 is 0.680 bits per heavy atom. The van der Waals surface area contributed by atoms with E-state index in [1.807, 2.05) is 0 Å². The summed E-state index contributed by atoms with van der Waals surface area (Å²) < 4.78 is 0. The van der Waals surface area contributed by atoms with Crippen molar-refractivity contribution in [1.82, 2.24) is 0 Å². The van der Waals surface area contributed by atoms with Crippen LogP contribution in [0, 0.1) is 29.1 Å². The van der Waals surface area contributed by atoms with Gasteiger partial charge in [-0.3, -0.25) is 0 Å². The lowest BCUT2D eigenvalue weighted by Crippen LogP contribution is -2.32. The van der Waals surface area contributed by atoms with Gasteiger partial charge in [-0.15, -0.1) is 0 Å². The van der Waals surface area contributed by atoms with E-state index < -0.39 is 0 Å². The SMILES string of the molecule is CC(C)(CC(CCC1CCCCC1)C1CCCCC1)C1CCCCC1. The van der Waals surface area contributed by atoms with E-state index in [-0.39, 0.29) is 0 Å². The van der Waals surface area contributed by atoms with E-state index in [9.17, 15) is 0 Å². The van der Waals surface area contributed by atoms with E-state index >= 15 is 0 Å². The quantitative estimate of drug-likeness (QED) is 0.433. The Hall–Kier alpha value is 0. The summed E-state index contributed by atoms with van der Waals surface area (Å²) in [5.74, 6) is 4.21.